The topological polar surface area (TPSA) is 51.4 Å². The number of anilines is 1. The molecular formula is C24H29N4O2+. The minimum atomic E-state index is -0.187. The van der Waals surface area contributed by atoms with Crippen molar-refractivity contribution in [1.82, 2.24) is 9.97 Å². The van der Waals surface area contributed by atoms with E-state index < -0.39 is 0 Å². The van der Waals surface area contributed by atoms with Gasteiger partial charge in [0.15, 0.2) is 0 Å². The molecule has 0 bridgehead atoms. The smallest absolute Gasteiger partial charge is 0.401 e. The highest BCUT2D eigenvalue weighted by atomic mass is 16.5. The molecule has 6 nitrogen and oxygen atoms in total. The second-order valence-corrected chi connectivity index (χ2v) is 8.47. The van der Waals surface area contributed by atoms with Gasteiger partial charge in [0, 0.05) is 13.1 Å². The van der Waals surface area contributed by atoms with Gasteiger partial charge in [-0.2, -0.15) is 4.57 Å². The number of ether oxygens (including phenoxy) is 2. The number of benzene rings is 2. The van der Waals surface area contributed by atoms with Crippen LogP contribution in [-0.4, -0.2) is 36.3 Å². The van der Waals surface area contributed by atoms with Gasteiger partial charge in [-0.3, -0.25) is 0 Å². The molecule has 1 saturated heterocycles. The summed E-state index contributed by atoms with van der Waals surface area (Å²) in [6.45, 7) is 10.1. The fraction of sp³-hybridized carbons (Fsp3) is 0.375. The van der Waals surface area contributed by atoms with Crippen LogP contribution >= 0.6 is 0 Å². The summed E-state index contributed by atoms with van der Waals surface area (Å²) in [6, 6.07) is 20.7. The quantitative estimate of drug-likeness (QED) is 0.606. The van der Waals surface area contributed by atoms with E-state index in [-0.39, 0.29) is 5.41 Å². The van der Waals surface area contributed by atoms with Gasteiger partial charge in [0.05, 0.1) is 18.6 Å². The van der Waals surface area contributed by atoms with Gasteiger partial charge in [0.1, 0.15) is 12.3 Å². The van der Waals surface area contributed by atoms with Crippen LogP contribution in [0.15, 0.2) is 60.7 Å². The van der Waals surface area contributed by atoms with Gasteiger partial charge in [-0.05, 0) is 22.7 Å². The van der Waals surface area contributed by atoms with Gasteiger partial charge >= 0.3 is 12.0 Å². The molecule has 3 aromatic rings. The molecule has 0 unspecified atom stereocenters. The van der Waals surface area contributed by atoms with E-state index in [0.29, 0.717) is 31.7 Å². The Kier molecular flexibility index (Phi) is 5.95. The first kappa shape index (κ1) is 20.3. The molecule has 2 heterocycles. The van der Waals surface area contributed by atoms with Crippen LogP contribution < -0.4 is 14.2 Å². The first-order chi connectivity index (χ1) is 14.5. The molecule has 4 rings (SSSR count). The van der Waals surface area contributed by atoms with Gasteiger partial charge in [0.2, 0.25) is 0 Å². The number of rotatable bonds is 5. The lowest BCUT2D eigenvalue weighted by Gasteiger charge is -2.25. The molecule has 6 heteroatoms. The zero-order valence-electron chi connectivity index (χ0n) is 17.9. The van der Waals surface area contributed by atoms with Crippen LogP contribution in [0, 0.1) is 0 Å². The number of nitrogens with zero attached hydrogens (tertiary/aromatic N) is 4. The predicted octanol–water partition coefficient (Wildman–Crippen LogP) is 3.74. The van der Waals surface area contributed by atoms with E-state index in [4.69, 9.17) is 19.4 Å². The molecule has 0 saturated carbocycles. The second kappa shape index (κ2) is 8.79. The third kappa shape index (κ3) is 4.76. The van der Waals surface area contributed by atoms with E-state index in [1.54, 1.807) is 0 Å². The Bertz CT molecular complexity index is 966. The standard InChI is InChI=1S/C24H29N4O2/c1-24(2,3)21-25-22(27-14-16-29-17-15-27)26-23(30-20-12-8-5-9-13-20)28(21)18-19-10-6-4-7-11-19/h4-13H,14-18H2,1-3H3/q+1. The number of para-hydroxylation sites is 1. The van der Waals surface area contributed by atoms with E-state index in [1.165, 1.54) is 5.56 Å². The van der Waals surface area contributed by atoms with E-state index in [2.05, 4.69) is 42.4 Å². The predicted molar refractivity (Wildman–Crippen MR) is 116 cm³/mol. The maximum absolute atomic E-state index is 6.30. The van der Waals surface area contributed by atoms with Crippen LogP contribution in [0.2, 0.25) is 0 Å². The zero-order chi connectivity index (χ0) is 21.0. The average Bonchev–Trinajstić information content (AvgIpc) is 2.76. The number of hydrogen-bond donors (Lipinski definition) is 0. The van der Waals surface area contributed by atoms with Crippen LogP contribution in [0.25, 0.3) is 0 Å². The second-order valence-electron chi connectivity index (χ2n) is 8.47. The molecular weight excluding hydrogens is 376 g/mol. The Morgan fingerprint density at radius 1 is 0.933 bits per heavy atom. The number of aromatic nitrogens is 3. The molecule has 0 amide bonds. The van der Waals surface area contributed by atoms with Gasteiger partial charge in [-0.25, -0.2) is 0 Å². The maximum atomic E-state index is 6.30. The Labute approximate surface area is 178 Å². The molecule has 0 N–H and O–H groups in total. The molecule has 30 heavy (non-hydrogen) atoms. The fourth-order valence-electron chi connectivity index (χ4n) is 3.47. The van der Waals surface area contributed by atoms with Crippen LogP contribution in [0.4, 0.5) is 5.95 Å². The van der Waals surface area contributed by atoms with Crippen molar-refractivity contribution in [1.29, 1.82) is 0 Å². The molecule has 0 aliphatic carbocycles. The monoisotopic (exact) mass is 405 g/mol. The molecule has 0 spiro atoms. The minimum absolute atomic E-state index is 0.187. The van der Waals surface area contributed by atoms with Crippen molar-refractivity contribution in [3.8, 4) is 11.8 Å². The molecule has 2 aromatic carbocycles. The van der Waals surface area contributed by atoms with Crippen LogP contribution in [-0.2, 0) is 16.7 Å². The Hall–Kier alpha value is -2.99. The largest absolute Gasteiger partial charge is 0.444 e. The molecule has 156 valence electrons. The van der Waals surface area contributed by atoms with Gasteiger partial charge in [0.25, 0.3) is 5.82 Å². The molecule has 1 aliphatic heterocycles. The van der Waals surface area contributed by atoms with Crippen molar-refractivity contribution in [2.24, 2.45) is 0 Å². The van der Waals surface area contributed by atoms with Gasteiger partial charge < -0.3 is 14.4 Å². The lowest BCUT2D eigenvalue weighted by molar-refractivity contribution is -0.708. The Balaban J connectivity index is 1.83. The number of hydrogen-bond acceptors (Lipinski definition) is 5. The molecule has 0 radical (unpaired) electrons. The SMILES string of the molecule is CC(C)(C)c1nc(N2CCOCC2)nc(Oc2ccccc2)[n+]1Cc1ccccc1. The normalized spacial score (nSPS) is 14.6. The van der Waals surface area contributed by atoms with Gasteiger partial charge in [-0.1, -0.05) is 74.3 Å². The van der Waals surface area contributed by atoms with E-state index in [0.717, 1.165) is 24.7 Å². The minimum Gasteiger partial charge on any atom is -0.401 e. The van der Waals surface area contributed by atoms with E-state index in [1.807, 2.05) is 48.5 Å². The number of morpholine rings is 1. The highest BCUT2D eigenvalue weighted by Crippen LogP contribution is 2.25. The molecule has 1 aliphatic rings. The lowest BCUT2D eigenvalue weighted by Crippen LogP contribution is -2.48. The fourth-order valence-corrected chi connectivity index (χ4v) is 3.47. The molecule has 0 atom stereocenters. The molecule has 1 aromatic heterocycles. The van der Waals surface area contributed by atoms with Crippen molar-refractivity contribution in [2.75, 3.05) is 31.2 Å². The first-order valence-corrected chi connectivity index (χ1v) is 10.4. The maximum Gasteiger partial charge on any atom is 0.444 e. The summed E-state index contributed by atoms with van der Waals surface area (Å²) in [7, 11) is 0. The summed E-state index contributed by atoms with van der Waals surface area (Å²) in [4.78, 5) is 12.0. The van der Waals surface area contributed by atoms with Crippen LogP contribution in [0.3, 0.4) is 0 Å². The van der Waals surface area contributed by atoms with Crippen molar-refractivity contribution in [2.45, 2.75) is 32.7 Å². The van der Waals surface area contributed by atoms with Crippen molar-refractivity contribution in [3.05, 3.63) is 72.1 Å². The summed E-state index contributed by atoms with van der Waals surface area (Å²) in [5.41, 5.74) is 0.988. The van der Waals surface area contributed by atoms with E-state index in [9.17, 15) is 0 Å². The summed E-state index contributed by atoms with van der Waals surface area (Å²) in [6.07, 6.45) is 0. The average molecular weight is 406 g/mol. The lowest BCUT2D eigenvalue weighted by atomic mass is 9.95. The van der Waals surface area contributed by atoms with Crippen molar-refractivity contribution in [3.63, 3.8) is 0 Å². The summed E-state index contributed by atoms with van der Waals surface area (Å²) in [5, 5.41) is 0. The van der Waals surface area contributed by atoms with Gasteiger partial charge in [-0.15, -0.1) is 0 Å². The third-order valence-corrected chi connectivity index (χ3v) is 4.99. The summed E-state index contributed by atoms with van der Waals surface area (Å²) in [5.74, 6) is 2.39. The molecule has 1 fully saturated rings. The zero-order valence-corrected chi connectivity index (χ0v) is 17.9. The van der Waals surface area contributed by atoms with Crippen molar-refractivity contribution >= 4 is 5.95 Å². The first-order valence-electron chi connectivity index (χ1n) is 10.4. The highest BCUT2D eigenvalue weighted by molar-refractivity contribution is 5.32. The Morgan fingerprint density at radius 3 is 2.20 bits per heavy atom. The van der Waals surface area contributed by atoms with Crippen LogP contribution in [0.1, 0.15) is 32.2 Å². The Morgan fingerprint density at radius 2 is 1.57 bits per heavy atom. The summed E-state index contributed by atoms with van der Waals surface area (Å²) < 4.78 is 13.9. The van der Waals surface area contributed by atoms with Crippen LogP contribution in [0.5, 0.6) is 11.8 Å². The third-order valence-electron chi connectivity index (χ3n) is 4.99. The summed E-state index contributed by atoms with van der Waals surface area (Å²) >= 11 is 0. The van der Waals surface area contributed by atoms with Crippen molar-refractivity contribution < 1.29 is 14.0 Å². The van der Waals surface area contributed by atoms with E-state index >= 15 is 0 Å². The highest BCUT2D eigenvalue weighted by Gasteiger charge is 2.34.